The fraction of sp³-hybridized carbons (Fsp3) is 0.429. The average molecular weight is 419 g/mol. The molecule has 2 aromatic carbocycles. The van der Waals surface area contributed by atoms with Crippen LogP contribution in [0.15, 0.2) is 61.7 Å². The van der Waals surface area contributed by atoms with Crippen molar-refractivity contribution in [3.05, 3.63) is 83.9 Å². The van der Waals surface area contributed by atoms with Crippen molar-refractivity contribution >= 4 is 12.2 Å². The average Bonchev–Trinajstić information content (AvgIpc) is 3.53. The molecular weight excluding hydrogens is 384 g/mol. The lowest BCUT2D eigenvalue weighted by Crippen LogP contribution is -2.40. The normalized spacial score (nSPS) is 22.8. The highest BCUT2D eigenvalue weighted by Gasteiger charge is 2.34. The van der Waals surface area contributed by atoms with Crippen LogP contribution in [0.4, 0.5) is 0 Å². The van der Waals surface area contributed by atoms with Crippen LogP contribution >= 0.6 is 0 Å². The molecule has 4 atom stereocenters. The van der Waals surface area contributed by atoms with Gasteiger partial charge in [0.1, 0.15) is 0 Å². The fourth-order valence-corrected chi connectivity index (χ4v) is 4.71. The number of benzene rings is 2. The smallest absolute Gasteiger partial charge is 0.0882 e. The molecule has 0 saturated carbocycles. The maximum absolute atomic E-state index is 6.87. The third-order valence-electron chi connectivity index (χ3n) is 6.36. The van der Waals surface area contributed by atoms with Gasteiger partial charge in [-0.05, 0) is 47.9 Å². The van der Waals surface area contributed by atoms with Crippen molar-refractivity contribution < 1.29 is 14.2 Å². The molecule has 0 N–H and O–H groups in total. The molecule has 2 aliphatic rings. The van der Waals surface area contributed by atoms with E-state index in [0.29, 0.717) is 0 Å². The van der Waals surface area contributed by atoms with Gasteiger partial charge in [0.2, 0.25) is 0 Å². The number of hydrogen-bond donors (Lipinski definition) is 0. The van der Waals surface area contributed by atoms with E-state index >= 15 is 0 Å². The van der Waals surface area contributed by atoms with Crippen molar-refractivity contribution in [3.63, 3.8) is 0 Å². The zero-order valence-corrected chi connectivity index (χ0v) is 18.4. The summed E-state index contributed by atoms with van der Waals surface area (Å²) < 4.78 is 19.1. The van der Waals surface area contributed by atoms with Crippen molar-refractivity contribution in [1.82, 2.24) is 0 Å². The van der Waals surface area contributed by atoms with Crippen molar-refractivity contribution in [2.75, 3.05) is 13.2 Å². The van der Waals surface area contributed by atoms with Crippen molar-refractivity contribution in [2.45, 2.75) is 62.9 Å². The molecule has 0 spiro atoms. The fourth-order valence-electron chi connectivity index (χ4n) is 4.71. The Labute approximate surface area is 186 Å². The lowest BCUT2D eigenvalue weighted by Gasteiger charge is -2.32. The van der Waals surface area contributed by atoms with Gasteiger partial charge in [0.25, 0.3) is 0 Å². The van der Waals surface area contributed by atoms with Crippen LogP contribution in [0, 0.1) is 0 Å². The Morgan fingerprint density at radius 3 is 1.68 bits per heavy atom. The first-order valence-corrected chi connectivity index (χ1v) is 11.6. The SMILES string of the molecule is C=Cc1cccc(CC(OC(Cc2cccc(C=C)c2)C2CCCO2)C2CCCO2)c1. The Kier molecular flexibility index (Phi) is 7.74. The summed E-state index contributed by atoms with van der Waals surface area (Å²) in [5.74, 6) is 0. The first-order chi connectivity index (χ1) is 15.2. The van der Waals surface area contributed by atoms with Gasteiger partial charge >= 0.3 is 0 Å². The Hall–Kier alpha value is -2.20. The van der Waals surface area contributed by atoms with Crippen LogP contribution in [-0.2, 0) is 27.1 Å². The highest BCUT2D eigenvalue weighted by atomic mass is 16.6. The van der Waals surface area contributed by atoms with E-state index in [-0.39, 0.29) is 24.4 Å². The molecule has 2 fully saturated rings. The van der Waals surface area contributed by atoms with Gasteiger partial charge in [-0.2, -0.15) is 0 Å². The summed E-state index contributed by atoms with van der Waals surface area (Å²) in [4.78, 5) is 0. The Morgan fingerprint density at radius 1 is 0.806 bits per heavy atom. The highest BCUT2D eigenvalue weighted by molar-refractivity contribution is 5.48. The van der Waals surface area contributed by atoms with E-state index in [1.165, 1.54) is 11.1 Å². The molecule has 0 aliphatic carbocycles. The summed E-state index contributed by atoms with van der Waals surface area (Å²) in [6.07, 6.45) is 10.1. The number of hydrogen-bond acceptors (Lipinski definition) is 3. The Morgan fingerprint density at radius 2 is 1.29 bits per heavy atom. The molecule has 4 rings (SSSR count). The maximum Gasteiger partial charge on any atom is 0.0882 e. The van der Waals surface area contributed by atoms with Gasteiger partial charge in [-0.25, -0.2) is 0 Å². The molecule has 2 heterocycles. The highest BCUT2D eigenvalue weighted by Crippen LogP contribution is 2.28. The molecule has 0 aromatic heterocycles. The van der Waals surface area contributed by atoms with Crippen LogP contribution in [0.5, 0.6) is 0 Å². The molecule has 2 aromatic rings. The van der Waals surface area contributed by atoms with Crippen LogP contribution in [-0.4, -0.2) is 37.6 Å². The van der Waals surface area contributed by atoms with Crippen LogP contribution < -0.4 is 0 Å². The quantitative estimate of drug-likeness (QED) is 0.483. The number of rotatable bonds is 10. The van der Waals surface area contributed by atoms with E-state index in [1.54, 1.807) is 0 Å². The first-order valence-electron chi connectivity index (χ1n) is 11.6. The predicted molar refractivity (Wildman–Crippen MR) is 127 cm³/mol. The molecule has 4 unspecified atom stereocenters. The van der Waals surface area contributed by atoms with E-state index < -0.39 is 0 Å². The number of ether oxygens (including phenoxy) is 3. The van der Waals surface area contributed by atoms with Gasteiger partial charge in [0, 0.05) is 26.1 Å². The zero-order chi connectivity index (χ0) is 21.5. The topological polar surface area (TPSA) is 27.7 Å². The van der Waals surface area contributed by atoms with Crippen LogP contribution in [0.1, 0.15) is 47.9 Å². The van der Waals surface area contributed by atoms with Gasteiger partial charge in [-0.3, -0.25) is 0 Å². The van der Waals surface area contributed by atoms with E-state index in [2.05, 4.69) is 61.7 Å². The van der Waals surface area contributed by atoms with Gasteiger partial charge in [-0.1, -0.05) is 73.8 Å². The second kappa shape index (κ2) is 10.9. The molecule has 2 aliphatic heterocycles. The molecule has 3 nitrogen and oxygen atoms in total. The minimum absolute atomic E-state index is 0.0133. The molecule has 0 radical (unpaired) electrons. The minimum atomic E-state index is 0.0133. The van der Waals surface area contributed by atoms with Gasteiger partial charge in [0.15, 0.2) is 0 Å². The molecular formula is C28H34O3. The Bertz CT molecular complexity index is 791. The van der Waals surface area contributed by atoms with Crippen LogP contribution in [0.3, 0.4) is 0 Å². The molecule has 0 amide bonds. The Balaban J connectivity index is 1.55. The lowest BCUT2D eigenvalue weighted by atomic mass is 9.97. The second-order valence-electron chi connectivity index (χ2n) is 8.62. The molecule has 0 bridgehead atoms. The minimum Gasteiger partial charge on any atom is -0.376 e. The van der Waals surface area contributed by atoms with Gasteiger partial charge < -0.3 is 14.2 Å². The third-order valence-corrected chi connectivity index (χ3v) is 6.36. The third kappa shape index (κ3) is 5.94. The summed E-state index contributed by atoms with van der Waals surface area (Å²) in [6, 6.07) is 17.1. The molecule has 164 valence electrons. The first kappa shape index (κ1) is 22.0. The van der Waals surface area contributed by atoms with Gasteiger partial charge in [0.05, 0.1) is 24.4 Å². The summed E-state index contributed by atoms with van der Waals surface area (Å²) >= 11 is 0. The van der Waals surface area contributed by atoms with E-state index in [1.807, 2.05) is 12.2 Å². The van der Waals surface area contributed by atoms with E-state index in [4.69, 9.17) is 14.2 Å². The molecule has 2 saturated heterocycles. The summed E-state index contributed by atoms with van der Waals surface area (Å²) in [5, 5.41) is 0. The van der Waals surface area contributed by atoms with Crippen molar-refractivity contribution in [1.29, 1.82) is 0 Å². The largest absolute Gasteiger partial charge is 0.376 e. The van der Waals surface area contributed by atoms with Gasteiger partial charge in [-0.15, -0.1) is 0 Å². The summed E-state index contributed by atoms with van der Waals surface area (Å²) in [6.45, 7) is 9.47. The lowest BCUT2D eigenvalue weighted by molar-refractivity contribution is -0.122. The van der Waals surface area contributed by atoms with Crippen molar-refractivity contribution in [2.24, 2.45) is 0 Å². The second-order valence-corrected chi connectivity index (χ2v) is 8.62. The maximum atomic E-state index is 6.87. The van der Waals surface area contributed by atoms with E-state index in [0.717, 1.165) is 62.9 Å². The van der Waals surface area contributed by atoms with E-state index in [9.17, 15) is 0 Å². The zero-order valence-electron chi connectivity index (χ0n) is 18.4. The predicted octanol–water partition coefficient (Wildman–Crippen LogP) is 5.87. The standard InChI is InChI=1S/C28H34O3/c1-3-21-9-5-11-23(17-21)19-27(25-13-7-15-29-25)31-28(26-14-8-16-30-26)20-24-12-6-10-22(4-2)18-24/h3-6,9-12,17-18,25-28H,1-2,7-8,13-16,19-20H2. The summed E-state index contributed by atoms with van der Waals surface area (Å²) in [5.41, 5.74) is 4.80. The molecule has 31 heavy (non-hydrogen) atoms. The summed E-state index contributed by atoms with van der Waals surface area (Å²) in [7, 11) is 0. The van der Waals surface area contributed by atoms with Crippen LogP contribution in [0.2, 0.25) is 0 Å². The van der Waals surface area contributed by atoms with Crippen molar-refractivity contribution in [3.8, 4) is 0 Å². The van der Waals surface area contributed by atoms with Crippen LogP contribution in [0.25, 0.3) is 12.2 Å². The monoisotopic (exact) mass is 418 g/mol. The molecule has 3 heteroatoms.